The molecule has 1 fully saturated rings. The largest absolute Gasteiger partial charge is 0.378 e. The number of nitrogens with one attached hydrogen (secondary N) is 1. The molecule has 0 bridgehead atoms. The van der Waals surface area contributed by atoms with Crippen molar-refractivity contribution in [3.05, 3.63) is 35.4 Å². The van der Waals surface area contributed by atoms with Crippen LogP contribution >= 0.6 is 0 Å². The summed E-state index contributed by atoms with van der Waals surface area (Å²) >= 11 is 0. The van der Waals surface area contributed by atoms with E-state index in [1.165, 1.54) is 12.1 Å². The number of rotatable bonds is 6. The minimum Gasteiger partial charge on any atom is -0.378 e. The van der Waals surface area contributed by atoms with Crippen molar-refractivity contribution in [2.24, 2.45) is 11.3 Å². The molecule has 4 heteroatoms. The van der Waals surface area contributed by atoms with Crippen LogP contribution in [0.5, 0.6) is 0 Å². The Kier molecular flexibility index (Phi) is 5.33. The summed E-state index contributed by atoms with van der Waals surface area (Å²) in [6.45, 7) is 8.84. The van der Waals surface area contributed by atoms with Gasteiger partial charge in [0.15, 0.2) is 0 Å². The lowest BCUT2D eigenvalue weighted by molar-refractivity contribution is 0.0626. The highest BCUT2D eigenvalue weighted by molar-refractivity contribution is 5.20. The first-order valence-electron chi connectivity index (χ1n) is 7.68. The van der Waals surface area contributed by atoms with Crippen molar-refractivity contribution in [2.75, 3.05) is 19.7 Å². The Labute approximate surface area is 125 Å². The van der Waals surface area contributed by atoms with Crippen molar-refractivity contribution >= 4 is 0 Å². The topological polar surface area (TPSA) is 21.3 Å². The lowest BCUT2D eigenvalue weighted by Gasteiger charge is -2.33. The molecule has 2 unspecified atom stereocenters. The molecule has 0 spiro atoms. The summed E-state index contributed by atoms with van der Waals surface area (Å²) in [5, 5.41) is 3.48. The van der Waals surface area contributed by atoms with Gasteiger partial charge in [-0.1, -0.05) is 13.8 Å². The van der Waals surface area contributed by atoms with Gasteiger partial charge in [0, 0.05) is 24.6 Å². The third kappa shape index (κ3) is 4.24. The van der Waals surface area contributed by atoms with E-state index in [0.29, 0.717) is 24.5 Å². The predicted octanol–water partition coefficient (Wildman–Crippen LogP) is 3.55. The zero-order valence-electron chi connectivity index (χ0n) is 13.1. The smallest absolute Gasteiger partial charge is 0.126 e. The van der Waals surface area contributed by atoms with E-state index in [2.05, 4.69) is 26.1 Å². The van der Waals surface area contributed by atoms with Gasteiger partial charge < -0.3 is 10.1 Å². The quantitative estimate of drug-likeness (QED) is 0.867. The third-order valence-electron chi connectivity index (χ3n) is 4.34. The summed E-state index contributed by atoms with van der Waals surface area (Å²) in [7, 11) is 0. The number of hydrogen-bond donors (Lipinski definition) is 1. The van der Waals surface area contributed by atoms with Crippen LogP contribution in [-0.2, 0) is 11.2 Å². The molecule has 1 saturated heterocycles. The SMILES string of the molecule is CC(C)CNCC1(Cc2cc(F)cc(F)c2)CCOC1C. The summed E-state index contributed by atoms with van der Waals surface area (Å²) in [5.74, 6) is -0.449. The molecule has 2 rings (SSSR count). The molecule has 1 N–H and O–H groups in total. The highest BCUT2D eigenvalue weighted by atomic mass is 19.1. The van der Waals surface area contributed by atoms with Crippen LogP contribution in [-0.4, -0.2) is 25.8 Å². The monoisotopic (exact) mass is 297 g/mol. The van der Waals surface area contributed by atoms with Crippen LogP contribution in [0, 0.1) is 23.0 Å². The van der Waals surface area contributed by atoms with E-state index >= 15 is 0 Å². The van der Waals surface area contributed by atoms with Gasteiger partial charge in [0.1, 0.15) is 11.6 Å². The minimum absolute atomic E-state index is 0.0866. The Bertz CT molecular complexity index is 458. The van der Waals surface area contributed by atoms with E-state index < -0.39 is 11.6 Å². The number of halogens is 2. The normalized spacial score (nSPS) is 25.7. The third-order valence-corrected chi connectivity index (χ3v) is 4.34. The molecule has 1 aliphatic rings. The fourth-order valence-electron chi connectivity index (χ4n) is 3.08. The Balaban J connectivity index is 2.12. The van der Waals surface area contributed by atoms with E-state index in [9.17, 15) is 8.78 Å². The average Bonchev–Trinajstić information content (AvgIpc) is 2.69. The number of benzene rings is 1. The predicted molar refractivity (Wildman–Crippen MR) is 80.2 cm³/mol. The number of hydrogen-bond acceptors (Lipinski definition) is 2. The highest BCUT2D eigenvalue weighted by Gasteiger charge is 2.41. The first kappa shape index (κ1) is 16.4. The van der Waals surface area contributed by atoms with Crippen LogP contribution in [0.25, 0.3) is 0 Å². The lowest BCUT2D eigenvalue weighted by Crippen LogP contribution is -2.42. The first-order chi connectivity index (χ1) is 9.91. The van der Waals surface area contributed by atoms with Gasteiger partial charge in [-0.25, -0.2) is 8.78 Å². The van der Waals surface area contributed by atoms with Crippen molar-refractivity contribution in [1.29, 1.82) is 0 Å². The van der Waals surface area contributed by atoms with Gasteiger partial charge in [0.05, 0.1) is 6.10 Å². The fraction of sp³-hybridized carbons (Fsp3) is 0.647. The molecule has 0 aliphatic carbocycles. The highest BCUT2D eigenvalue weighted by Crippen LogP contribution is 2.38. The maximum atomic E-state index is 13.4. The second kappa shape index (κ2) is 6.84. The average molecular weight is 297 g/mol. The molecule has 0 radical (unpaired) electrons. The van der Waals surface area contributed by atoms with Crippen molar-refractivity contribution in [3.63, 3.8) is 0 Å². The van der Waals surface area contributed by atoms with Crippen LogP contribution in [0.1, 0.15) is 32.8 Å². The molecule has 118 valence electrons. The van der Waals surface area contributed by atoms with Crippen LogP contribution in [0.4, 0.5) is 8.78 Å². The molecule has 1 aromatic rings. The van der Waals surface area contributed by atoms with Crippen molar-refractivity contribution < 1.29 is 13.5 Å². The zero-order valence-corrected chi connectivity index (χ0v) is 13.1. The summed E-state index contributed by atoms with van der Waals surface area (Å²) in [5.41, 5.74) is 0.617. The maximum Gasteiger partial charge on any atom is 0.126 e. The fourth-order valence-corrected chi connectivity index (χ4v) is 3.08. The molecule has 0 saturated carbocycles. The molecule has 2 atom stereocenters. The van der Waals surface area contributed by atoms with Crippen LogP contribution in [0.2, 0.25) is 0 Å². The second-order valence-corrected chi connectivity index (χ2v) is 6.60. The summed E-state index contributed by atoms with van der Waals surface area (Å²) in [4.78, 5) is 0. The Morgan fingerprint density at radius 3 is 2.48 bits per heavy atom. The van der Waals surface area contributed by atoms with Crippen molar-refractivity contribution in [3.8, 4) is 0 Å². The molecule has 2 nitrogen and oxygen atoms in total. The molecule has 0 amide bonds. The molecular weight excluding hydrogens is 272 g/mol. The van der Waals surface area contributed by atoms with Gasteiger partial charge in [-0.2, -0.15) is 0 Å². The van der Waals surface area contributed by atoms with E-state index in [-0.39, 0.29) is 11.5 Å². The summed E-state index contributed by atoms with van der Waals surface area (Å²) in [6, 6.07) is 3.78. The summed E-state index contributed by atoms with van der Waals surface area (Å²) < 4.78 is 32.5. The molecule has 1 aliphatic heterocycles. The van der Waals surface area contributed by atoms with E-state index in [1.54, 1.807) is 0 Å². The van der Waals surface area contributed by atoms with E-state index in [4.69, 9.17) is 4.74 Å². The Hall–Kier alpha value is -1.00. The standard InChI is InChI=1S/C17H25F2NO/c1-12(2)10-20-11-17(4-5-21-13(17)3)9-14-6-15(18)8-16(19)7-14/h6-8,12-13,20H,4-5,9-11H2,1-3H3. The van der Waals surface area contributed by atoms with Crippen molar-refractivity contribution in [2.45, 2.75) is 39.7 Å². The molecule has 21 heavy (non-hydrogen) atoms. The summed E-state index contributed by atoms with van der Waals surface area (Å²) in [6.07, 6.45) is 1.63. The van der Waals surface area contributed by atoms with Gasteiger partial charge in [-0.05, 0) is 49.9 Å². The lowest BCUT2D eigenvalue weighted by atomic mass is 9.76. The van der Waals surface area contributed by atoms with E-state index in [0.717, 1.165) is 25.6 Å². The maximum absolute atomic E-state index is 13.4. The Morgan fingerprint density at radius 2 is 1.95 bits per heavy atom. The molecular formula is C17H25F2NO. The van der Waals surface area contributed by atoms with Crippen LogP contribution in [0.3, 0.4) is 0 Å². The van der Waals surface area contributed by atoms with Gasteiger partial charge in [0.25, 0.3) is 0 Å². The second-order valence-electron chi connectivity index (χ2n) is 6.60. The molecule has 0 aromatic heterocycles. The zero-order chi connectivity index (χ0) is 15.5. The van der Waals surface area contributed by atoms with Gasteiger partial charge in [-0.3, -0.25) is 0 Å². The molecule has 1 heterocycles. The van der Waals surface area contributed by atoms with Crippen molar-refractivity contribution in [1.82, 2.24) is 5.32 Å². The van der Waals surface area contributed by atoms with Gasteiger partial charge in [-0.15, -0.1) is 0 Å². The van der Waals surface area contributed by atoms with Crippen LogP contribution < -0.4 is 5.32 Å². The molecule has 1 aromatic carbocycles. The number of ether oxygens (including phenoxy) is 1. The Morgan fingerprint density at radius 1 is 1.29 bits per heavy atom. The van der Waals surface area contributed by atoms with Gasteiger partial charge >= 0.3 is 0 Å². The van der Waals surface area contributed by atoms with E-state index in [1.807, 2.05) is 0 Å². The van der Waals surface area contributed by atoms with Gasteiger partial charge in [0.2, 0.25) is 0 Å². The van der Waals surface area contributed by atoms with Crippen LogP contribution in [0.15, 0.2) is 18.2 Å². The minimum atomic E-state index is -0.512. The first-order valence-corrected chi connectivity index (χ1v) is 7.68.